The van der Waals surface area contributed by atoms with E-state index in [1.807, 2.05) is 18.2 Å². The number of nitrogen functional groups attached to an aromatic ring is 1. The van der Waals surface area contributed by atoms with Crippen LogP contribution in [0.1, 0.15) is 38.5 Å². The lowest BCUT2D eigenvalue weighted by Crippen LogP contribution is -2.20. The molecule has 1 heterocycles. The van der Waals surface area contributed by atoms with Crippen molar-refractivity contribution in [2.75, 3.05) is 5.73 Å². The van der Waals surface area contributed by atoms with E-state index in [1.54, 1.807) is 0 Å². The van der Waals surface area contributed by atoms with Gasteiger partial charge in [0, 0.05) is 5.69 Å². The van der Waals surface area contributed by atoms with Crippen LogP contribution < -0.4 is 5.73 Å². The minimum Gasteiger partial charge on any atom is -0.438 e. The summed E-state index contributed by atoms with van der Waals surface area (Å²) in [6.45, 7) is 2.76. The van der Waals surface area contributed by atoms with E-state index in [4.69, 9.17) is 14.9 Å². The average molecular weight is 260 g/mol. The molecule has 1 aromatic carbocycles. The Hall–Kier alpha value is -1.55. The number of rotatable bonds is 3. The van der Waals surface area contributed by atoms with Gasteiger partial charge in [-0.2, -0.15) is 0 Å². The molecule has 4 nitrogen and oxygen atoms in total. The molecule has 2 aromatic rings. The molecule has 0 radical (unpaired) electrons. The number of fused-ring (bicyclic) bond motifs is 1. The van der Waals surface area contributed by atoms with Gasteiger partial charge in [0.25, 0.3) is 0 Å². The van der Waals surface area contributed by atoms with E-state index >= 15 is 0 Å². The first-order valence-electron chi connectivity index (χ1n) is 6.97. The first-order chi connectivity index (χ1) is 9.20. The van der Waals surface area contributed by atoms with Gasteiger partial charge in [0.05, 0.1) is 6.10 Å². The molecule has 2 N–H and O–H groups in total. The second-order valence-corrected chi connectivity index (χ2v) is 5.53. The number of nitrogens with two attached hydrogens (primary N) is 1. The predicted molar refractivity (Wildman–Crippen MR) is 74.6 cm³/mol. The molecular weight excluding hydrogens is 240 g/mol. The maximum absolute atomic E-state index is 5.89. The number of nitrogens with zero attached hydrogens (tertiary/aromatic N) is 1. The summed E-state index contributed by atoms with van der Waals surface area (Å²) in [4.78, 5) is 4.40. The van der Waals surface area contributed by atoms with Crippen molar-refractivity contribution in [3.63, 3.8) is 0 Å². The van der Waals surface area contributed by atoms with E-state index in [0.29, 0.717) is 24.3 Å². The summed E-state index contributed by atoms with van der Waals surface area (Å²) in [7, 11) is 0. The SMILES string of the molecule is CC1CCC(OCc2nc3cc(N)ccc3o2)CC1. The van der Waals surface area contributed by atoms with Gasteiger partial charge in [-0.3, -0.25) is 0 Å². The van der Waals surface area contributed by atoms with Gasteiger partial charge in [-0.25, -0.2) is 4.98 Å². The molecule has 1 aromatic heterocycles. The van der Waals surface area contributed by atoms with Crippen LogP contribution in [0.4, 0.5) is 5.69 Å². The molecule has 0 unspecified atom stereocenters. The zero-order valence-corrected chi connectivity index (χ0v) is 11.3. The first-order valence-corrected chi connectivity index (χ1v) is 6.97. The Bertz CT molecular complexity index is 556. The van der Waals surface area contributed by atoms with Crippen molar-refractivity contribution < 1.29 is 9.15 Å². The minimum absolute atomic E-state index is 0.358. The summed E-state index contributed by atoms with van der Waals surface area (Å²) < 4.78 is 11.5. The van der Waals surface area contributed by atoms with Crippen molar-refractivity contribution in [3.05, 3.63) is 24.1 Å². The Morgan fingerprint density at radius 2 is 2.11 bits per heavy atom. The van der Waals surface area contributed by atoms with Crippen molar-refractivity contribution in [3.8, 4) is 0 Å². The van der Waals surface area contributed by atoms with Crippen LogP contribution in [0.3, 0.4) is 0 Å². The minimum atomic E-state index is 0.358. The number of oxazole rings is 1. The molecule has 0 saturated heterocycles. The van der Waals surface area contributed by atoms with Crippen LogP contribution in [0.15, 0.2) is 22.6 Å². The Morgan fingerprint density at radius 1 is 1.32 bits per heavy atom. The Kier molecular flexibility index (Phi) is 3.42. The van der Waals surface area contributed by atoms with E-state index in [1.165, 1.54) is 12.8 Å². The van der Waals surface area contributed by atoms with Gasteiger partial charge < -0.3 is 14.9 Å². The summed E-state index contributed by atoms with van der Waals surface area (Å²) in [5, 5.41) is 0. The smallest absolute Gasteiger partial charge is 0.221 e. The number of benzene rings is 1. The van der Waals surface area contributed by atoms with Crippen molar-refractivity contribution in [2.45, 2.75) is 45.3 Å². The number of hydrogen-bond donors (Lipinski definition) is 1. The van der Waals surface area contributed by atoms with E-state index in [-0.39, 0.29) is 0 Å². The van der Waals surface area contributed by atoms with Crippen molar-refractivity contribution >= 4 is 16.8 Å². The molecule has 4 heteroatoms. The molecule has 0 amide bonds. The molecule has 102 valence electrons. The fraction of sp³-hybridized carbons (Fsp3) is 0.533. The molecule has 1 saturated carbocycles. The third-order valence-corrected chi connectivity index (χ3v) is 3.86. The molecule has 1 aliphatic rings. The predicted octanol–water partition coefficient (Wildman–Crippen LogP) is 3.51. The lowest BCUT2D eigenvalue weighted by Gasteiger charge is -2.25. The highest BCUT2D eigenvalue weighted by molar-refractivity contribution is 5.76. The van der Waals surface area contributed by atoms with Crippen LogP contribution in [0.25, 0.3) is 11.1 Å². The summed E-state index contributed by atoms with van der Waals surface area (Å²) in [5.74, 6) is 1.48. The number of aromatic nitrogens is 1. The molecule has 1 aliphatic carbocycles. The molecule has 1 fully saturated rings. The zero-order chi connectivity index (χ0) is 13.2. The maximum Gasteiger partial charge on any atom is 0.221 e. The Morgan fingerprint density at radius 3 is 2.89 bits per heavy atom. The Balaban J connectivity index is 1.62. The van der Waals surface area contributed by atoms with Crippen LogP contribution in [0, 0.1) is 5.92 Å². The molecule has 19 heavy (non-hydrogen) atoms. The third-order valence-electron chi connectivity index (χ3n) is 3.86. The normalized spacial score (nSPS) is 23.8. The largest absolute Gasteiger partial charge is 0.438 e. The topological polar surface area (TPSA) is 61.3 Å². The van der Waals surface area contributed by atoms with Crippen LogP contribution in [-0.2, 0) is 11.3 Å². The molecule has 3 rings (SSSR count). The Labute approximate surface area is 112 Å². The first kappa shape index (κ1) is 12.5. The van der Waals surface area contributed by atoms with Crippen molar-refractivity contribution in [1.82, 2.24) is 4.98 Å². The van der Waals surface area contributed by atoms with Gasteiger partial charge >= 0.3 is 0 Å². The second-order valence-electron chi connectivity index (χ2n) is 5.53. The summed E-state index contributed by atoms with van der Waals surface area (Å²) in [6, 6.07) is 5.49. The van der Waals surface area contributed by atoms with E-state index in [9.17, 15) is 0 Å². The van der Waals surface area contributed by atoms with Crippen molar-refractivity contribution in [1.29, 1.82) is 0 Å². The zero-order valence-electron chi connectivity index (χ0n) is 11.3. The standard InChI is InChI=1S/C15H20N2O2/c1-10-2-5-12(6-3-10)18-9-15-17-13-8-11(16)4-7-14(13)19-15/h4,7-8,10,12H,2-3,5-6,9,16H2,1H3. The fourth-order valence-corrected chi connectivity index (χ4v) is 2.64. The highest BCUT2D eigenvalue weighted by atomic mass is 16.5. The highest BCUT2D eigenvalue weighted by Crippen LogP contribution is 2.26. The maximum atomic E-state index is 5.89. The third kappa shape index (κ3) is 2.89. The monoisotopic (exact) mass is 260 g/mol. The summed E-state index contributed by atoms with van der Waals surface area (Å²) in [6.07, 6.45) is 5.17. The molecule has 0 bridgehead atoms. The van der Waals surface area contributed by atoms with Crippen LogP contribution in [0.2, 0.25) is 0 Å². The number of ether oxygens (including phenoxy) is 1. The van der Waals surface area contributed by atoms with E-state index in [2.05, 4.69) is 11.9 Å². The van der Waals surface area contributed by atoms with E-state index in [0.717, 1.165) is 29.9 Å². The van der Waals surface area contributed by atoms with Crippen LogP contribution in [0.5, 0.6) is 0 Å². The van der Waals surface area contributed by atoms with Crippen LogP contribution in [-0.4, -0.2) is 11.1 Å². The molecule has 0 aliphatic heterocycles. The van der Waals surface area contributed by atoms with E-state index < -0.39 is 0 Å². The van der Waals surface area contributed by atoms with Crippen LogP contribution >= 0.6 is 0 Å². The highest BCUT2D eigenvalue weighted by Gasteiger charge is 2.19. The van der Waals surface area contributed by atoms with Gasteiger partial charge in [0.15, 0.2) is 5.58 Å². The van der Waals surface area contributed by atoms with Gasteiger partial charge in [-0.1, -0.05) is 6.92 Å². The summed E-state index contributed by atoms with van der Waals surface area (Å²) in [5.41, 5.74) is 8.00. The van der Waals surface area contributed by atoms with Gasteiger partial charge in [0.2, 0.25) is 5.89 Å². The van der Waals surface area contributed by atoms with Crippen molar-refractivity contribution in [2.24, 2.45) is 5.92 Å². The lowest BCUT2D eigenvalue weighted by atomic mass is 9.89. The van der Waals surface area contributed by atoms with Gasteiger partial charge in [-0.05, 0) is 49.8 Å². The molecule has 0 spiro atoms. The number of anilines is 1. The van der Waals surface area contributed by atoms with Gasteiger partial charge in [0.1, 0.15) is 12.1 Å². The quantitative estimate of drug-likeness (QED) is 0.858. The second kappa shape index (κ2) is 5.21. The van der Waals surface area contributed by atoms with Gasteiger partial charge in [-0.15, -0.1) is 0 Å². The average Bonchev–Trinajstić information content (AvgIpc) is 2.80. The molecular formula is C15H20N2O2. The summed E-state index contributed by atoms with van der Waals surface area (Å²) >= 11 is 0. The number of hydrogen-bond acceptors (Lipinski definition) is 4. The fourth-order valence-electron chi connectivity index (χ4n) is 2.64. The lowest BCUT2D eigenvalue weighted by molar-refractivity contribution is -0.000151. The molecule has 0 atom stereocenters.